The second-order valence-corrected chi connectivity index (χ2v) is 10.6. The van der Waals surface area contributed by atoms with Gasteiger partial charge in [-0.05, 0) is 84.0 Å². The summed E-state index contributed by atoms with van der Waals surface area (Å²) in [5.41, 5.74) is 5.58. The number of H-pyrrole nitrogens is 1. The number of imidazole rings is 1. The Labute approximate surface area is 244 Å². The molecule has 0 aliphatic heterocycles. The van der Waals surface area contributed by atoms with Crippen molar-refractivity contribution in [3.05, 3.63) is 106 Å². The van der Waals surface area contributed by atoms with Gasteiger partial charge in [0.05, 0.1) is 23.7 Å². The molecule has 0 spiro atoms. The van der Waals surface area contributed by atoms with E-state index in [-0.39, 0.29) is 17.3 Å². The molecule has 0 amide bonds. The predicted octanol–water partition coefficient (Wildman–Crippen LogP) is 8.72. The fourth-order valence-electron chi connectivity index (χ4n) is 5.39. The van der Waals surface area contributed by atoms with Crippen LogP contribution in [0.4, 0.5) is 0 Å². The van der Waals surface area contributed by atoms with Gasteiger partial charge in [0.25, 0.3) is 0 Å². The number of aromatic amines is 1. The minimum atomic E-state index is -1.12. The van der Waals surface area contributed by atoms with E-state index in [9.17, 15) is 14.7 Å². The van der Waals surface area contributed by atoms with Gasteiger partial charge in [-0.1, -0.05) is 55.3 Å². The second-order valence-electron chi connectivity index (χ2n) is 10.2. The van der Waals surface area contributed by atoms with Gasteiger partial charge in [-0.2, -0.15) is 0 Å². The molecule has 6 nitrogen and oxygen atoms in total. The molecule has 208 valence electrons. The molecule has 5 aromatic rings. The Morgan fingerprint density at radius 1 is 0.951 bits per heavy atom. The number of halogens is 1. The third kappa shape index (κ3) is 5.88. The Morgan fingerprint density at radius 3 is 2.44 bits per heavy atom. The maximum absolute atomic E-state index is 13.6. The minimum Gasteiger partial charge on any atom is -0.497 e. The van der Waals surface area contributed by atoms with Crippen LogP contribution in [-0.4, -0.2) is 33.9 Å². The molecule has 4 aromatic carbocycles. The Balaban J connectivity index is 1.58. The van der Waals surface area contributed by atoms with Gasteiger partial charge in [-0.3, -0.25) is 4.79 Å². The van der Waals surface area contributed by atoms with Crippen LogP contribution in [0.1, 0.15) is 63.9 Å². The molecular formula is C34H31ClN2O4. The van der Waals surface area contributed by atoms with Crippen LogP contribution < -0.4 is 4.74 Å². The lowest BCUT2D eigenvalue weighted by Crippen LogP contribution is -2.11. The molecule has 0 unspecified atom stereocenters. The number of rotatable bonds is 10. The standard InChI is InChI=1S/C34H31ClN2O4/c1-4-8-22(21-9-6-5-7-10-21)16-32(38)26-19-29(34(39)40)27(15-20(26)2)28-17-23(35)11-13-25(28)33-36-30-14-12-24(41-3)18-31(30)37-33/h5-7,9-15,17-19,22H,4,8,16H2,1-3H3,(H,36,37)(H,39,40)/t22-/m0/s1. The zero-order valence-electron chi connectivity index (χ0n) is 23.2. The number of benzene rings is 4. The van der Waals surface area contributed by atoms with Gasteiger partial charge < -0.3 is 14.8 Å². The molecule has 2 N–H and O–H groups in total. The van der Waals surface area contributed by atoms with Gasteiger partial charge in [-0.25, -0.2) is 9.78 Å². The Bertz CT molecular complexity index is 1740. The Morgan fingerprint density at radius 2 is 1.73 bits per heavy atom. The molecule has 1 aromatic heterocycles. The van der Waals surface area contributed by atoms with E-state index in [1.54, 1.807) is 25.3 Å². The van der Waals surface area contributed by atoms with Crippen LogP contribution in [0, 0.1) is 6.92 Å². The predicted molar refractivity (Wildman–Crippen MR) is 163 cm³/mol. The summed E-state index contributed by atoms with van der Waals surface area (Å²) in [6.45, 7) is 3.95. The summed E-state index contributed by atoms with van der Waals surface area (Å²) >= 11 is 6.42. The van der Waals surface area contributed by atoms with Crippen molar-refractivity contribution in [3.63, 3.8) is 0 Å². The minimum absolute atomic E-state index is 0.0343. The van der Waals surface area contributed by atoms with Crippen molar-refractivity contribution in [1.82, 2.24) is 9.97 Å². The number of aromatic carboxylic acids is 1. The maximum Gasteiger partial charge on any atom is 0.336 e. The van der Waals surface area contributed by atoms with Crippen LogP contribution in [0.3, 0.4) is 0 Å². The Kier molecular flexibility index (Phi) is 8.22. The third-order valence-electron chi connectivity index (χ3n) is 7.45. The summed E-state index contributed by atoms with van der Waals surface area (Å²) in [5, 5.41) is 10.7. The molecule has 0 radical (unpaired) electrons. The third-order valence-corrected chi connectivity index (χ3v) is 7.69. The molecule has 0 aliphatic carbocycles. The summed E-state index contributed by atoms with van der Waals surface area (Å²) in [7, 11) is 1.60. The van der Waals surface area contributed by atoms with E-state index < -0.39 is 5.97 Å². The number of methoxy groups -OCH3 is 1. The van der Waals surface area contributed by atoms with E-state index in [0.29, 0.717) is 50.8 Å². The number of fused-ring (bicyclic) bond motifs is 1. The van der Waals surface area contributed by atoms with Crippen LogP contribution in [0.5, 0.6) is 5.75 Å². The number of aryl methyl sites for hydroxylation is 1. The number of aromatic nitrogens is 2. The molecule has 5 rings (SSSR count). The molecule has 1 atom stereocenters. The van der Waals surface area contributed by atoms with Gasteiger partial charge in [-0.15, -0.1) is 0 Å². The Hall–Kier alpha value is -4.42. The number of carboxylic acid groups (broad SMARTS) is 1. The highest BCUT2D eigenvalue weighted by Gasteiger charge is 2.24. The van der Waals surface area contributed by atoms with Gasteiger partial charge in [0.15, 0.2) is 5.78 Å². The summed E-state index contributed by atoms with van der Waals surface area (Å²) in [4.78, 5) is 34.3. The first-order valence-corrected chi connectivity index (χ1v) is 14.0. The number of Topliss-reactive ketones (excluding diaryl/α,β-unsaturated/α-hetero) is 1. The van der Waals surface area contributed by atoms with Gasteiger partial charge >= 0.3 is 5.97 Å². The van der Waals surface area contributed by atoms with Crippen molar-refractivity contribution in [2.45, 2.75) is 39.0 Å². The van der Waals surface area contributed by atoms with Gasteiger partial charge in [0, 0.05) is 28.6 Å². The van der Waals surface area contributed by atoms with E-state index in [4.69, 9.17) is 21.3 Å². The fraction of sp³-hybridized carbons (Fsp3) is 0.206. The fourth-order valence-corrected chi connectivity index (χ4v) is 5.56. The van der Waals surface area contributed by atoms with Crippen LogP contribution >= 0.6 is 11.6 Å². The molecule has 41 heavy (non-hydrogen) atoms. The number of hydrogen-bond acceptors (Lipinski definition) is 4. The largest absolute Gasteiger partial charge is 0.497 e. The quantitative estimate of drug-likeness (QED) is 0.165. The highest BCUT2D eigenvalue weighted by atomic mass is 35.5. The molecular weight excluding hydrogens is 536 g/mol. The number of nitrogens with one attached hydrogen (secondary N) is 1. The van der Waals surface area contributed by atoms with Crippen LogP contribution in [0.15, 0.2) is 78.9 Å². The summed E-state index contributed by atoms with van der Waals surface area (Å²) < 4.78 is 5.34. The lowest BCUT2D eigenvalue weighted by molar-refractivity contribution is 0.0697. The molecule has 0 saturated carbocycles. The van der Waals surface area contributed by atoms with E-state index in [1.165, 1.54) is 6.07 Å². The number of carbonyl (C=O) groups is 2. The lowest BCUT2D eigenvalue weighted by atomic mass is 9.85. The number of nitrogens with zero attached hydrogens (tertiary/aromatic N) is 1. The average molecular weight is 567 g/mol. The monoisotopic (exact) mass is 566 g/mol. The molecule has 1 heterocycles. The summed E-state index contributed by atoms with van der Waals surface area (Å²) in [5.74, 6) is 0.132. The van der Waals surface area contributed by atoms with Crippen molar-refractivity contribution >= 4 is 34.4 Å². The van der Waals surface area contributed by atoms with Crippen molar-refractivity contribution in [1.29, 1.82) is 0 Å². The summed E-state index contributed by atoms with van der Waals surface area (Å²) in [6, 6.07) is 24.1. The number of hydrogen-bond donors (Lipinski definition) is 2. The lowest BCUT2D eigenvalue weighted by Gasteiger charge is -2.18. The van der Waals surface area contributed by atoms with E-state index in [1.807, 2.05) is 61.5 Å². The van der Waals surface area contributed by atoms with Crippen molar-refractivity contribution < 1.29 is 19.4 Å². The number of ether oxygens (including phenoxy) is 1. The van der Waals surface area contributed by atoms with E-state index in [0.717, 1.165) is 29.4 Å². The van der Waals surface area contributed by atoms with E-state index in [2.05, 4.69) is 11.9 Å². The smallest absolute Gasteiger partial charge is 0.336 e. The first-order valence-electron chi connectivity index (χ1n) is 13.6. The maximum atomic E-state index is 13.6. The SMILES string of the molecule is CCC[C@@H](CC(=O)c1cc(C(=O)O)c(-c2cc(Cl)ccc2-c2nc3ccc(OC)cc3[nH]2)cc1C)c1ccccc1. The second kappa shape index (κ2) is 12.0. The van der Waals surface area contributed by atoms with Crippen LogP contribution in [0.25, 0.3) is 33.5 Å². The molecule has 0 saturated heterocycles. The zero-order valence-corrected chi connectivity index (χ0v) is 24.0. The highest BCUT2D eigenvalue weighted by Crippen LogP contribution is 2.38. The molecule has 0 bridgehead atoms. The van der Waals surface area contributed by atoms with Crippen molar-refractivity contribution in [2.75, 3.05) is 7.11 Å². The normalized spacial score (nSPS) is 11.9. The van der Waals surface area contributed by atoms with Gasteiger partial charge in [0.2, 0.25) is 0 Å². The van der Waals surface area contributed by atoms with Crippen LogP contribution in [0.2, 0.25) is 5.02 Å². The first-order chi connectivity index (χ1) is 19.8. The van der Waals surface area contributed by atoms with Crippen molar-refractivity contribution in [2.24, 2.45) is 0 Å². The van der Waals surface area contributed by atoms with E-state index >= 15 is 0 Å². The highest BCUT2D eigenvalue weighted by molar-refractivity contribution is 6.31. The average Bonchev–Trinajstić information content (AvgIpc) is 3.40. The van der Waals surface area contributed by atoms with Gasteiger partial charge in [0.1, 0.15) is 11.6 Å². The van der Waals surface area contributed by atoms with Crippen LogP contribution in [-0.2, 0) is 0 Å². The molecule has 0 fully saturated rings. The molecule has 0 aliphatic rings. The molecule has 7 heteroatoms. The number of carboxylic acids is 1. The topological polar surface area (TPSA) is 92.3 Å². The number of carbonyl (C=O) groups excluding carboxylic acids is 1. The number of ketones is 1. The first kappa shape index (κ1) is 28.1. The zero-order chi connectivity index (χ0) is 29.1. The summed E-state index contributed by atoms with van der Waals surface area (Å²) in [6.07, 6.45) is 2.12. The van der Waals surface area contributed by atoms with Crippen molar-refractivity contribution in [3.8, 4) is 28.3 Å².